The fraction of sp³-hybridized carbons (Fsp3) is 0.303. The van der Waals surface area contributed by atoms with Gasteiger partial charge in [0.05, 0.1) is 29.0 Å². The summed E-state index contributed by atoms with van der Waals surface area (Å²) in [6.45, 7) is 2.44. The van der Waals surface area contributed by atoms with E-state index in [1.54, 1.807) is 30.0 Å². The number of benzene rings is 3. The maximum Gasteiger partial charge on any atom is 0.335 e. The highest BCUT2D eigenvalue weighted by Gasteiger charge is 2.40. The molecule has 11 heteroatoms. The summed E-state index contributed by atoms with van der Waals surface area (Å²) < 4.78 is 34.9. The van der Waals surface area contributed by atoms with Crippen LogP contribution in [0.5, 0.6) is 0 Å². The van der Waals surface area contributed by atoms with Gasteiger partial charge in [-0.2, -0.15) is 5.10 Å². The molecule has 1 aliphatic rings. The number of hydrogen-bond donors (Lipinski definition) is 3. The van der Waals surface area contributed by atoms with Crippen LogP contribution in [0.1, 0.15) is 46.8 Å². The highest BCUT2D eigenvalue weighted by molar-refractivity contribution is 5.92. The molecule has 2 amide bonds. The molecule has 1 fully saturated rings. The van der Waals surface area contributed by atoms with Gasteiger partial charge in [0, 0.05) is 30.9 Å². The molecule has 0 radical (unpaired) electrons. The van der Waals surface area contributed by atoms with Crippen molar-refractivity contribution in [2.24, 2.45) is 0 Å². The van der Waals surface area contributed by atoms with E-state index in [1.807, 2.05) is 44.3 Å². The SMILES string of the molecule is COCCC[C@@H]1C[C@@H](NC(=O)Nc2c(C)c(-c3ccc(C(=O)O)cc3)nn2-c2ccccc2)[C@H](c2ccc(F)c(F)c2)N1C. The molecular weight excluding hydrogens is 568 g/mol. The van der Waals surface area contributed by atoms with E-state index in [0.717, 1.165) is 24.6 Å². The Hall–Kier alpha value is -4.61. The van der Waals surface area contributed by atoms with Crippen LogP contribution in [0.25, 0.3) is 16.9 Å². The Morgan fingerprint density at radius 3 is 2.43 bits per heavy atom. The maximum absolute atomic E-state index is 14.3. The Bertz CT molecular complexity index is 1630. The molecule has 5 rings (SSSR count). The fourth-order valence-electron chi connectivity index (χ4n) is 5.94. The van der Waals surface area contributed by atoms with Crippen LogP contribution in [0.3, 0.4) is 0 Å². The van der Waals surface area contributed by atoms with Crippen LogP contribution >= 0.6 is 0 Å². The number of rotatable bonds is 10. The van der Waals surface area contributed by atoms with E-state index in [2.05, 4.69) is 15.5 Å². The standard InChI is InChI=1S/C33H35F2N5O4/c1-20-29(21-11-13-22(14-12-21)32(41)42)38-40(24-8-5-4-6-9-24)31(20)37-33(43)36-28-19-25(10-7-17-44-3)39(2)30(28)23-15-16-26(34)27(35)18-23/h4-6,8-9,11-16,18,25,28,30H,7,10,17,19H2,1-3H3,(H,41,42)(H2,36,37,43)/t25-,28-,30+/m1/s1. The number of ether oxygens (including phenoxy) is 1. The van der Waals surface area contributed by atoms with Crippen molar-refractivity contribution in [2.75, 3.05) is 26.1 Å². The smallest absolute Gasteiger partial charge is 0.335 e. The van der Waals surface area contributed by atoms with Gasteiger partial charge in [-0.1, -0.05) is 36.4 Å². The number of methoxy groups -OCH3 is 1. The summed E-state index contributed by atoms with van der Waals surface area (Å²) >= 11 is 0. The van der Waals surface area contributed by atoms with Gasteiger partial charge in [-0.05, 0) is 75.2 Å². The van der Waals surface area contributed by atoms with Gasteiger partial charge in [-0.15, -0.1) is 0 Å². The van der Waals surface area contributed by atoms with Crippen molar-refractivity contribution in [1.29, 1.82) is 0 Å². The van der Waals surface area contributed by atoms with E-state index in [0.29, 0.717) is 41.2 Å². The first kappa shape index (κ1) is 30.8. The van der Waals surface area contributed by atoms with Crippen molar-refractivity contribution >= 4 is 17.8 Å². The number of carboxylic acid groups (broad SMARTS) is 1. The van der Waals surface area contributed by atoms with Gasteiger partial charge in [-0.25, -0.2) is 23.1 Å². The Balaban J connectivity index is 1.44. The van der Waals surface area contributed by atoms with Gasteiger partial charge in [0.2, 0.25) is 0 Å². The number of halogens is 2. The van der Waals surface area contributed by atoms with Crippen LogP contribution in [-0.2, 0) is 4.74 Å². The van der Waals surface area contributed by atoms with Crippen molar-refractivity contribution in [3.8, 4) is 16.9 Å². The van der Waals surface area contributed by atoms with Crippen LogP contribution in [0, 0.1) is 18.6 Å². The lowest BCUT2D eigenvalue weighted by Crippen LogP contribution is -2.41. The van der Waals surface area contributed by atoms with E-state index >= 15 is 0 Å². The van der Waals surface area contributed by atoms with Gasteiger partial charge < -0.3 is 15.2 Å². The van der Waals surface area contributed by atoms with Crippen LogP contribution in [0.2, 0.25) is 0 Å². The second kappa shape index (κ2) is 13.4. The maximum atomic E-state index is 14.3. The molecule has 44 heavy (non-hydrogen) atoms. The molecular formula is C33H35F2N5O4. The molecule has 3 atom stereocenters. The zero-order valence-electron chi connectivity index (χ0n) is 24.8. The predicted molar refractivity (Wildman–Crippen MR) is 163 cm³/mol. The van der Waals surface area contributed by atoms with E-state index < -0.39 is 29.7 Å². The molecule has 1 saturated heterocycles. The summed E-state index contributed by atoms with van der Waals surface area (Å²) in [5.41, 5.74) is 3.41. The normalized spacial score (nSPS) is 18.3. The minimum atomic E-state index is -1.03. The number of amides is 2. The minimum Gasteiger partial charge on any atom is -0.478 e. The van der Waals surface area contributed by atoms with Gasteiger partial charge in [0.25, 0.3) is 0 Å². The number of likely N-dealkylation sites (tertiary alicyclic amines) is 1. The summed E-state index contributed by atoms with van der Waals surface area (Å²) in [5, 5.41) is 20.2. The Morgan fingerprint density at radius 1 is 1.05 bits per heavy atom. The monoisotopic (exact) mass is 603 g/mol. The van der Waals surface area contributed by atoms with E-state index in [4.69, 9.17) is 9.84 Å². The van der Waals surface area contributed by atoms with Crippen molar-refractivity contribution in [1.82, 2.24) is 20.0 Å². The van der Waals surface area contributed by atoms with E-state index in [1.165, 1.54) is 18.2 Å². The third-order valence-corrected chi connectivity index (χ3v) is 8.17. The number of carbonyl (C=O) groups is 2. The number of aromatic nitrogens is 2. The summed E-state index contributed by atoms with van der Waals surface area (Å²) in [7, 11) is 3.58. The van der Waals surface area contributed by atoms with Crippen molar-refractivity contribution < 1.29 is 28.2 Å². The molecule has 0 saturated carbocycles. The number of para-hydroxylation sites is 1. The number of nitrogens with one attached hydrogen (secondary N) is 2. The van der Waals surface area contributed by atoms with Gasteiger partial charge in [-0.3, -0.25) is 10.2 Å². The number of nitrogens with zero attached hydrogens (tertiary/aromatic N) is 3. The molecule has 0 unspecified atom stereocenters. The topological polar surface area (TPSA) is 109 Å². The number of hydrogen-bond acceptors (Lipinski definition) is 5. The third-order valence-electron chi connectivity index (χ3n) is 8.17. The quantitative estimate of drug-likeness (QED) is 0.187. The zero-order chi connectivity index (χ0) is 31.4. The lowest BCUT2D eigenvalue weighted by atomic mass is 9.99. The third kappa shape index (κ3) is 6.48. The van der Waals surface area contributed by atoms with Crippen LogP contribution in [0.4, 0.5) is 19.4 Å². The lowest BCUT2D eigenvalue weighted by Gasteiger charge is -2.28. The Labute approximate surface area is 254 Å². The first-order valence-corrected chi connectivity index (χ1v) is 14.4. The van der Waals surface area contributed by atoms with Crippen LogP contribution < -0.4 is 10.6 Å². The molecule has 3 aromatic carbocycles. The largest absolute Gasteiger partial charge is 0.478 e. The minimum absolute atomic E-state index is 0.0884. The first-order chi connectivity index (χ1) is 21.2. The summed E-state index contributed by atoms with van der Waals surface area (Å²) in [6.07, 6.45) is 2.24. The van der Waals surface area contributed by atoms with Gasteiger partial charge in [0.15, 0.2) is 11.6 Å². The summed E-state index contributed by atoms with van der Waals surface area (Å²) in [5.74, 6) is -2.44. The molecule has 3 N–H and O–H groups in total. The molecule has 230 valence electrons. The number of aromatic carboxylic acids is 1. The first-order valence-electron chi connectivity index (χ1n) is 14.4. The number of urea groups is 1. The molecule has 0 bridgehead atoms. The molecule has 0 spiro atoms. The second-order valence-electron chi connectivity index (χ2n) is 11.0. The average Bonchev–Trinajstić information content (AvgIpc) is 3.50. The van der Waals surface area contributed by atoms with E-state index in [9.17, 15) is 23.5 Å². The molecule has 1 aliphatic heterocycles. The number of carbonyl (C=O) groups excluding carboxylic acids is 1. The molecule has 4 aromatic rings. The molecule has 2 heterocycles. The molecule has 0 aliphatic carbocycles. The van der Waals surface area contributed by atoms with Gasteiger partial charge >= 0.3 is 12.0 Å². The van der Waals surface area contributed by atoms with Crippen molar-refractivity contribution in [2.45, 2.75) is 44.3 Å². The highest BCUT2D eigenvalue weighted by atomic mass is 19.2. The Morgan fingerprint density at radius 2 is 1.77 bits per heavy atom. The second-order valence-corrected chi connectivity index (χ2v) is 11.0. The summed E-state index contributed by atoms with van der Waals surface area (Å²) in [6, 6.07) is 18.4. The van der Waals surface area contributed by atoms with Crippen molar-refractivity contribution in [3.63, 3.8) is 0 Å². The van der Waals surface area contributed by atoms with E-state index in [-0.39, 0.29) is 17.6 Å². The highest BCUT2D eigenvalue weighted by Crippen LogP contribution is 2.38. The average molecular weight is 604 g/mol. The van der Waals surface area contributed by atoms with Crippen LogP contribution in [0.15, 0.2) is 72.8 Å². The lowest BCUT2D eigenvalue weighted by molar-refractivity contribution is 0.0697. The number of anilines is 1. The molecule has 9 nitrogen and oxygen atoms in total. The predicted octanol–water partition coefficient (Wildman–Crippen LogP) is 6.19. The van der Waals surface area contributed by atoms with Gasteiger partial charge in [0.1, 0.15) is 5.82 Å². The fourth-order valence-corrected chi connectivity index (χ4v) is 5.94. The number of carboxylic acids is 1. The zero-order valence-corrected chi connectivity index (χ0v) is 24.8. The van der Waals surface area contributed by atoms with Crippen LogP contribution in [-0.4, -0.2) is 64.6 Å². The molecule has 1 aromatic heterocycles. The van der Waals surface area contributed by atoms with Crippen molar-refractivity contribution in [3.05, 3.63) is 101 Å². The summed E-state index contributed by atoms with van der Waals surface area (Å²) in [4.78, 5) is 27.1. The Kier molecular flexibility index (Phi) is 9.36. The number of likely N-dealkylation sites (N-methyl/N-ethyl adjacent to an activating group) is 1.